The van der Waals surface area contributed by atoms with Crippen molar-refractivity contribution in [3.63, 3.8) is 0 Å². The van der Waals surface area contributed by atoms with Gasteiger partial charge in [-0.15, -0.1) is 6.58 Å². The first kappa shape index (κ1) is 13.7. The van der Waals surface area contributed by atoms with E-state index < -0.39 is 0 Å². The van der Waals surface area contributed by atoms with Crippen molar-refractivity contribution in [1.29, 1.82) is 0 Å². The van der Waals surface area contributed by atoms with Crippen molar-refractivity contribution < 1.29 is 0 Å². The van der Waals surface area contributed by atoms with Crippen molar-refractivity contribution in [3.05, 3.63) is 12.2 Å². The zero-order valence-electron chi connectivity index (χ0n) is 10.4. The summed E-state index contributed by atoms with van der Waals surface area (Å²) in [5.41, 5.74) is 1.31. The van der Waals surface area contributed by atoms with Gasteiger partial charge < -0.3 is 5.32 Å². The summed E-state index contributed by atoms with van der Waals surface area (Å²) in [5, 5.41) is 3.61. The average Bonchev–Trinajstić information content (AvgIpc) is 2.09. The number of rotatable bonds is 8. The average molecular weight is 197 g/mol. The van der Waals surface area contributed by atoms with E-state index in [1.807, 2.05) is 0 Å². The molecule has 0 rings (SSSR count). The highest BCUT2D eigenvalue weighted by atomic mass is 14.9. The van der Waals surface area contributed by atoms with Gasteiger partial charge in [0, 0.05) is 6.04 Å². The lowest BCUT2D eigenvalue weighted by atomic mass is 9.97. The van der Waals surface area contributed by atoms with Gasteiger partial charge in [0.15, 0.2) is 0 Å². The molecule has 1 nitrogen and oxygen atoms in total. The Balaban J connectivity index is 3.67. The maximum atomic E-state index is 3.94. The van der Waals surface area contributed by atoms with Crippen LogP contribution < -0.4 is 5.32 Å². The van der Waals surface area contributed by atoms with Crippen molar-refractivity contribution in [1.82, 2.24) is 5.32 Å². The summed E-state index contributed by atoms with van der Waals surface area (Å²) in [5.74, 6) is 0.742. The molecular weight excluding hydrogens is 170 g/mol. The van der Waals surface area contributed by atoms with E-state index in [-0.39, 0.29) is 0 Å². The molecule has 0 amide bonds. The molecule has 1 N–H and O–H groups in total. The Hall–Kier alpha value is -0.300. The fourth-order valence-electron chi connectivity index (χ4n) is 1.62. The molecule has 1 heteroatoms. The van der Waals surface area contributed by atoms with Crippen LogP contribution in [0.1, 0.15) is 53.4 Å². The van der Waals surface area contributed by atoms with Crippen molar-refractivity contribution in [2.45, 2.75) is 59.4 Å². The largest absolute Gasteiger partial charge is 0.314 e. The first-order valence-corrected chi connectivity index (χ1v) is 5.95. The fraction of sp³-hybridized carbons (Fsp3) is 0.846. The van der Waals surface area contributed by atoms with Crippen LogP contribution in [0.15, 0.2) is 12.2 Å². The van der Waals surface area contributed by atoms with Crippen LogP contribution in [-0.4, -0.2) is 12.6 Å². The second kappa shape index (κ2) is 8.05. The van der Waals surface area contributed by atoms with Gasteiger partial charge in [0.2, 0.25) is 0 Å². The van der Waals surface area contributed by atoms with Gasteiger partial charge in [-0.1, -0.05) is 26.3 Å². The molecule has 0 bridgehead atoms. The van der Waals surface area contributed by atoms with Gasteiger partial charge in [-0.25, -0.2) is 0 Å². The van der Waals surface area contributed by atoms with E-state index in [2.05, 4.69) is 39.6 Å². The Morgan fingerprint density at radius 3 is 2.43 bits per heavy atom. The summed E-state index contributed by atoms with van der Waals surface area (Å²) >= 11 is 0. The predicted molar refractivity (Wildman–Crippen MR) is 65.6 cm³/mol. The third-order valence-corrected chi connectivity index (χ3v) is 2.58. The summed E-state index contributed by atoms with van der Waals surface area (Å²) in [6.45, 7) is 14.0. The highest BCUT2D eigenvalue weighted by Gasteiger charge is 2.11. The summed E-state index contributed by atoms with van der Waals surface area (Å²) < 4.78 is 0. The molecule has 0 aromatic rings. The third kappa shape index (κ3) is 7.14. The minimum Gasteiger partial charge on any atom is -0.314 e. The van der Waals surface area contributed by atoms with Crippen LogP contribution in [0.4, 0.5) is 0 Å². The molecule has 0 aromatic carbocycles. The van der Waals surface area contributed by atoms with Crippen LogP contribution in [-0.2, 0) is 0 Å². The Labute approximate surface area is 90.0 Å². The van der Waals surface area contributed by atoms with Crippen molar-refractivity contribution in [2.24, 2.45) is 5.92 Å². The molecule has 84 valence electrons. The van der Waals surface area contributed by atoms with Crippen molar-refractivity contribution in [3.8, 4) is 0 Å². The molecule has 0 fully saturated rings. The second-order valence-electron chi connectivity index (χ2n) is 4.65. The first-order valence-electron chi connectivity index (χ1n) is 5.95. The Bertz CT molecular complexity index is 149. The quantitative estimate of drug-likeness (QED) is 0.584. The smallest absolute Gasteiger partial charge is 0.00901 e. The van der Waals surface area contributed by atoms with Gasteiger partial charge >= 0.3 is 0 Å². The van der Waals surface area contributed by atoms with Gasteiger partial charge in [0.25, 0.3) is 0 Å². The molecular formula is C13H27N. The molecule has 1 atom stereocenters. The maximum Gasteiger partial charge on any atom is 0.00901 e. The number of allylic oxidation sites excluding steroid dienone is 1. The van der Waals surface area contributed by atoms with E-state index in [0.29, 0.717) is 6.04 Å². The Morgan fingerprint density at radius 1 is 1.36 bits per heavy atom. The molecule has 14 heavy (non-hydrogen) atoms. The van der Waals surface area contributed by atoms with E-state index in [1.165, 1.54) is 31.3 Å². The van der Waals surface area contributed by atoms with Gasteiger partial charge in [-0.2, -0.15) is 0 Å². The van der Waals surface area contributed by atoms with E-state index in [0.717, 1.165) is 12.5 Å². The molecule has 0 aliphatic heterocycles. The molecule has 0 aliphatic carbocycles. The minimum absolute atomic E-state index is 0.689. The summed E-state index contributed by atoms with van der Waals surface area (Å²) in [6, 6.07) is 0.689. The van der Waals surface area contributed by atoms with Crippen LogP contribution in [0.25, 0.3) is 0 Å². The molecule has 0 saturated carbocycles. The number of hydrogen-bond donors (Lipinski definition) is 1. The van der Waals surface area contributed by atoms with Crippen LogP contribution >= 0.6 is 0 Å². The normalized spacial score (nSPS) is 13.2. The Kier molecular flexibility index (Phi) is 7.87. The lowest BCUT2D eigenvalue weighted by Gasteiger charge is -2.22. The molecule has 0 saturated heterocycles. The lowest BCUT2D eigenvalue weighted by molar-refractivity contribution is 0.370. The van der Waals surface area contributed by atoms with Crippen molar-refractivity contribution >= 4 is 0 Å². The van der Waals surface area contributed by atoms with Crippen LogP contribution in [0.5, 0.6) is 0 Å². The van der Waals surface area contributed by atoms with Crippen LogP contribution in [0.3, 0.4) is 0 Å². The van der Waals surface area contributed by atoms with Gasteiger partial charge in [0.1, 0.15) is 0 Å². The second-order valence-corrected chi connectivity index (χ2v) is 4.65. The fourth-order valence-corrected chi connectivity index (χ4v) is 1.62. The molecule has 0 aromatic heterocycles. The highest BCUT2D eigenvalue weighted by Crippen LogP contribution is 2.12. The third-order valence-electron chi connectivity index (χ3n) is 2.58. The predicted octanol–water partition coefficient (Wildman–Crippen LogP) is 3.76. The topological polar surface area (TPSA) is 12.0 Å². The maximum absolute atomic E-state index is 3.94. The zero-order valence-corrected chi connectivity index (χ0v) is 10.4. The van der Waals surface area contributed by atoms with Gasteiger partial charge in [0.05, 0.1) is 0 Å². The van der Waals surface area contributed by atoms with Crippen LogP contribution in [0, 0.1) is 5.92 Å². The summed E-state index contributed by atoms with van der Waals surface area (Å²) in [4.78, 5) is 0. The van der Waals surface area contributed by atoms with E-state index >= 15 is 0 Å². The van der Waals surface area contributed by atoms with Crippen molar-refractivity contribution in [2.75, 3.05) is 6.54 Å². The monoisotopic (exact) mass is 197 g/mol. The summed E-state index contributed by atoms with van der Waals surface area (Å²) in [7, 11) is 0. The first-order chi connectivity index (χ1) is 6.57. The van der Waals surface area contributed by atoms with Gasteiger partial charge in [-0.05, 0) is 45.1 Å². The van der Waals surface area contributed by atoms with E-state index in [9.17, 15) is 0 Å². The minimum atomic E-state index is 0.689. The summed E-state index contributed by atoms with van der Waals surface area (Å²) in [6.07, 6.45) is 4.96. The molecule has 0 radical (unpaired) electrons. The standard InChI is InChI=1S/C13H27N/c1-6-10-14-13(12(4)5)9-7-8-11(2)3/h12-14H,2,6-10H2,1,3-5H3. The molecule has 0 aliphatic rings. The van der Waals surface area contributed by atoms with E-state index in [4.69, 9.17) is 0 Å². The highest BCUT2D eigenvalue weighted by molar-refractivity contribution is 4.88. The zero-order chi connectivity index (χ0) is 11.0. The molecule has 0 heterocycles. The molecule has 0 spiro atoms. The van der Waals surface area contributed by atoms with Gasteiger partial charge in [-0.3, -0.25) is 0 Å². The SMILES string of the molecule is C=C(C)CCCC(NCCC)C(C)C. The number of nitrogens with one attached hydrogen (secondary N) is 1. The van der Waals surface area contributed by atoms with Crippen LogP contribution in [0.2, 0.25) is 0 Å². The van der Waals surface area contributed by atoms with E-state index in [1.54, 1.807) is 0 Å². The Morgan fingerprint density at radius 2 is 2.00 bits per heavy atom. The molecule has 1 unspecified atom stereocenters. The lowest BCUT2D eigenvalue weighted by Crippen LogP contribution is -2.34. The number of hydrogen-bond acceptors (Lipinski definition) is 1.